The highest BCUT2D eigenvalue weighted by Gasteiger charge is 2.19. The number of hydrogen-bond acceptors (Lipinski definition) is 2. The zero-order valence-electron chi connectivity index (χ0n) is 13.5. The van der Waals surface area contributed by atoms with Crippen LogP contribution < -0.4 is 5.32 Å². The molecule has 0 saturated heterocycles. The fourth-order valence-corrected chi connectivity index (χ4v) is 3.27. The van der Waals surface area contributed by atoms with E-state index in [1.807, 2.05) is 0 Å². The van der Waals surface area contributed by atoms with Crippen molar-refractivity contribution in [3.8, 4) is 0 Å². The summed E-state index contributed by atoms with van der Waals surface area (Å²) in [5, 5.41) is 8.28. The zero-order valence-corrected chi connectivity index (χ0v) is 13.5. The highest BCUT2D eigenvalue weighted by Crippen LogP contribution is 2.28. The van der Waals surface area contributed by atoms with Crippen LogP contribution in [-0.2, 0) is 13.0 Å². The van der Waals surface area contributed by atoms with Gasteiger partial charge in [-0.2, -0.15) is 5.10 Å². The molecule has 0 radical (unpaired) electrons. The Labute approximate surface area is 124 Å². The van der Waals surface area contributed by atoms with Crippen molar-refractivity contribution in [2.24, 2.45) is 5.92 Å². The molecule has 0 amide bonds. The third kappa shape index (κ3) is 4.08. The highest BCUT2D eigenvalue weighted by atomic mass is 15.3. The Bertz CT molecular complexity index is 387. The topological polar surface area (TPSA) is 29.9 Å². The van der Waals surface area contributed by atoms with Crippen molar-refractivity contribution in [2.45, 2.75) is 78.3 Å². The predicted octanol–water partition coefficient (Wildman–Crippen LogP) is 4.09. The Hall–Kier alpha value is -0.830. The van der Waals surface area contributed by atoms with E-state index in [9.17, 15) is 0 Å². The van der Waals surface area contributed by atoms with E-state index in [1.54, 1.807) is 0 Å². The molecule has 1 aromatic rings. The van der Waals surface area contributed by atoms with E-state index in [1.165, 1.54) is 49.8 Å². The molecule has 0 unspecified atom stereocenters. The molecular formula is C17H31N3. The summed E-state index contributed by atoms with van der Waals surface area (Å²) in [6.45, 7) is 8.81. The van der Waals surface area contributed by atoms with Crippen LogP contribution in [0.4, 0.5) is 0 Å². The lowest BCUT2D eigenvalue weighted by molar-refractivity contribution is 0.393. The lowest BCUT2D eigenvalue weighted by Gasteiger charge is -2.18. The number of aromatic nitrogens is 2. The van der Waals surface area contributed by atoms with E-state index in [0.29, 0.717) is 12.0 Å². The molecular weight excluding hydrogens is 246 g/mol. The van der Waals surface area contributed by atoms with Crippen molar-refractivity contribution >= 4 is 0 Å². The van der Waals surface area contributed by atoms with Crippen molar-refractivity contribution < 1.29 is 0 Å². The van der Waals surface area contributed by atoms with Gasteiger partial charge < -0.3 is 5.32 Å². The number of rotatable bonds is 6. The molecule has 3 heteroatoms. The van der Waals surface area contributed by atoms with Gasteiger partial charge in [0.25, 0.3) is 0 Å². The third-order valence-corrected chi connectivity index (χ3v) is 4.36. The molecule has 1 saturated carbocycles. The quantitative estimate of drug-likeness (QED) is 0.794. The zero-order chi connectivity index (χ0) is 14.4. The molecule has 1 aliphatic rings. The second-order valence-corrected chi connectivity index (χ2v) is 6.58. The van der Waals surface area contributed by atoms with Gasteiger partial charge in [0.05, 0.1) is 12.2 Å². The molecule has 3 nitrogen and oxygen atoms in total. The standard InChI is InChI=1S/C17H31N3/c1-4-17-15(12-18-11-14(2)3)13-19-20(17)16-9-7-5-6-8-10-16/h13-14,16,18H,4-12H2,1-3H3. The minimum Gasteiger partial charge on any atom is -0.312 e. The van der Waals surface area contributed by atoms with Crippen LogP contribution in [0.25, 0.3) is 0 Å². The molecule has 0 spiro atoms. The van der Waals surface area contributed by atoms with E-state index in [4.69, 9.17) is 5.10 Å². The summed E-state index contributed by atoms with van der Waals surface area (Å²) in [4.78, 5) is 0. The Morgan fingerprint density at radius 2 is 1.95 bits per heavy atom. The first-order valence-electron chi connectivity index (χ1n) is 8.48. The maximum absolute atomic E-state index is 4.73. The SMILES string of the molecule is CCc1c(CNCC(C)C)cnn1C1CCCCCC1. The van der Waals surface area contributed by atoms with Crippen LogP contribution in [0.2, 0.25) is 0 Å². The summed E-state index contributed by atoms with van der Waals surface area (Å²) in [5.74, 6) is 0.706. The molecule has 0 bridgehead atoms. The Kier molecular flexibility index (Phi) is 6.08. The van der Waals surface area contributed by atoms with Gasteiger partial charge in [0.2, 0.25) is 0 Å². The summed E-state index contributed by atoms with van der Waals surface area (Å²) < 4.78 is 2.34. The van der Waals surface area contributed by atoms with E-state index in [2.05, 4.69) is 37.0 Å². The van der Waals surface area contributed by atoms with Gasteiger partial charge in [0.15, 0.2) is 0 Å². The van der Waals surface area contributed by atoms with E-state index >= 15 is 0 Å². The first-order valence-corrected chi connectivity index (χ1v) is 8.48. The van der Waals surface area contributed by atoms with Gasteiger partial charge in [-0.1, -0.05) is 46.5 Å². The molecule has 0 aliphatic heterocycles. The smallest absolute Gasteiger partial charge is 0.0537 e. The van der Waals surface area contributed by atoms with Gasteiger partial charge in [-0.3, -0.25) is 4.68 Å². The van der Waals surface area contributed by atoms with Crippen LogP contribution in [0, 0.1) is 5.92 Å². The van der Waals surface area contributed by atoms with Gasteiger partial charge in [0.1, 0.15) is 0 Å². The molecule has 2 rings (SSSR count). The van der Waals surface area contributed by atoms with Crippen molar-refractivity contribution in [3.05, 3.63) is 17.5 Å². The molecule has 114 valence electrons. The maximum Gasteiger partial charge on any atom is 0.0537 e. The summed E-state index contributed by atoms with van der Waals surface area (Å²) in [5.41, 5.74) is 2.85. The number of hydrogen-bond donors (Lipinski definition) is 1. The van der Waals surface area contributed by atoms with Gasteiger partial charge in [-0.05, 0) is 31.7 Å². The summed E-state index contributed by atoms with van der Waals surface area (Å²) >= 11 is 0. The fraction of sp³-hybridized carbons (Fsp3) is 0.824. The van der Waals surface area contributed by atoms with Crippen molar-refractivity contribution in [3.63, 3.8) is 0 Å². The second-order valence-electron chi connectivity index (χ2n) is 6.58. The highest BCUT2D eigenvalue weighted by molar-refractivity contribution is 5.18. The van der Waals surface area contributed by atoms with Gasteiger partial charge >= 0.3 is 0 Å². The van der Waals surface area contributed by atoms with E-state index in [-0.39, 0.29) is 0 Å². The molecule has 1 aliphatic carbocycles. The molecule has 1 heterocycles. The molecule has 20 heavy (non-hydrogen) atoms. The van der Waals surface area contributed by atoms with Crippen LogP contribution in [0.5, 0.6) is 0 Å². The Balaban J connectivity index is 2.03. The van der Waals surface area contributed by atoms with Crippen molar-refractivity contribution in [1.29, 1.82) is 0 Å². The van der Waals surface area contributed by atoms with E-state index < -0.39 is 0 Å². The van der Waals surface area contributed by atoms with Crippen LogP contribution in [0.3, 0.4) is 0 Å². The molecule has 0 atom stereocenters. The maximum atomic E-state index is 4.73. The first-order chi connectivity index (χ1) is 9.72. The van der Waals surface area contributed by atoms with Crippen LogP contribution in [0.15, 0.2) is 6.20 Å². The normalized spacial score (nSPS) is 17.6. The van der Waals surface area contributed by atoms with E-state index in [0.717, 1.165) is 19.5 Å². The summed E-state index contributed by atoms with van der Waals surface area (Å²) in [6, 6.07) is 0.645. The average Bonchev–Trinajstić information content (AvgIpc) is 2.65. The minimum atomic E-state index is 0.645. The molecule has 1 fully saturated rings. The summed E-state index contributed by atoms with van der Waals surface area (Å²) in [7, 11) is 0. The lowest BCUT2D eigenvalue weighted by atomic mass is 10.1. The fourth-order valence-electron chi connectivity index (χ4n) is 3.27. The van der Waals surface area contributed by atoms with Crippen molar-refractivity contribution in [2.75, 3.05) is 6.54 Å². The lowest BCUT2D eigenvalue weighted by Crippen LogP contribution is -2.20. The number of nitrogens with one attached hydrogen (secondary N) is 1. The third-order valence-electron chi connectivity index (χ3n) is 4.36. The molecule has 1 N–H and O–H groups in total. The van der Waals surface area contributed by atoms with Crippen LogP contribution >= 0.6 is 0 Å². The first kappa shape index (κ1) is 15.6. The minimum absolute atomic E-state index is 0.645. The Morgan fingerprint density at radius 3 is 2.55 bits per heavy atom. The van der Waals surface area contributed by atoms with Crippen molar-refractivity contribution in [1.82, 2.24) is 15.1 Å². The molecule has 0 aromatic carbocycles. The van der Waals surface area contributed by atoms with Gasteiger partial charge in [-0.15, -0.1) is 0 Å². The number of nitrogens with zero attached hydrogens (tertiary/aromatic N) is 2. The van der Waals surface area contributed by atoms with Crippen LogP contribution in [-0.4, -0.2) is 16.3 Å². The summed E-state index contributed by atoms with van der Waals surface area (Å²) in [6.07, 6.45) is 11.4. The predicted molar refractivity (Wildman–Crippen MR) is 84.9 cm³/mol. The average molecular weight is 277 g/mol. The van der Waals surface area contributed by atoms with Gasteiger partial charge in [0, 0.05) is 17.8 Å². The second kappa shape index (κ2) is 7.82. The van der Waals surface area contributed by atoms with Crippen LogP contribution in [0.1, 0.15) is 76.6 Å². The Morgan fingerprint density at radius 1 is 1.25 bits per heavy atom. The monoisotopic (exact) mass is 277 g/mol. The molecule has 1 aromatic heterocycles. The largest absolute Gasteiger partial charge is 0.312 e. The van der Waals surface area contributed by atoms with Gasteiger partial charge in [-0.25, -0.2) is 0 Å².